The molecule has 1 aromatic carbocycles. The number of benzene rings is 1. The molecule has 84 valence electrons. The highest BCUT2D eigenvalue weighted by Crippen LogP contribution is 2.17. The number of nitrogens with two attached hydrogens (primary N) is 1. The van der Waals surface area contributed by atoms with Crippen LogP contribution in [-0.4, -0.2) is 19.0 Å². The zero-order valence-electron chi connectivity index (χ0n) is 9.08. The lowest BCUT2D eigenvalue weighted by molar-refractivity contribution is -0.119. The van der Waals surface area contributed by atoms with E-state index in [4.69, 9.17) is 11.0 Å². The van der Waals surface area contributed by atoms with E-state index in [2.05, 4.69) is 10.6 Å². The monoisotopic (exact) mass is 218 g/mol. The molecule has 0 aliphatic rings. The maximum atomic E-state index is 11.2. The molecule has 0 saturated carbocycles. The number of carbonyl (C=O) groups excluding carboxylic acids is 1. The molecule has 1 aromatic rings. The van der Waals surface area contributed by atoms with Crippen LogP contribution in [-0.2, 0) is 4.79 Å². The average molecular weight is 218 g/mol. The van der Waals surface area contributed by atoms with Gasteiger partial charge in [-0.15, -0.1) is 0 Å². The Morgan fingerprint density at radius 1 is 1.56 bits per heavy atom. The van der Waals surface area contributed by atoms with E-state index in [1.807, 2.05) is 13.0 Å². The molecule has 16 heavy (non-hydrogen) atoms. The van der Waals surface area contributed by atoms with Gasteiger partial charge in [0.05, 0.1) is 17.8 Å². The number of hydrogen-bond donors (Lipinski definition) is 3. The summed E-state index contributed by atoms with van der Waals surface area (Å²) >= 11 is 0. The summed E-state index contributed by atoms with van der Waals surface area (Å²) < 4.78 is 0. The van der Waals surface area contributed by atoms with Crippen molar-refractivity contribution in [2.24, 2.45) is 0 Å². The van der Waals surface area contributed by atoms with Crippen LogP contribution in [0.15, 0.2) is 18.2 Å². The maximum Gasteiger partial charge on any atom is 0.239 e. The number of nitrogens with zero attached hydrogens (tertiary/aromatic N) is 1. The highest BCUT2D eigenvalue weighted by Gasteiger charge is 2.04. The lowest BCUT2D eigenvalue weighted by Crippen LogP contribution is -2.29. The largest absolute Gasteiger partial charge is 0.399 e. The molecular weight excluding hydrogens is 204 g/mol. The molecule has 0 bridgehead atoms. The van der Waals surface area contributed by atoms with Crippen molar-refractivity contribution in [3.63, 3.8) is 0 Å². The summed E-state index contributed by atoms with van der Waals surface area (Å²) in [6.07, 6.45) is 0. The van der Waals surface area contributed by atoms with Gasteiger partial charge in [0.25, 0.3) is 0 Å². The van der Waals surface area contributed by atoms with Gasteiger partial charge in [-0.05, 0) is 25.1 Å². The van der Waals surface area contributed by atoms with Gasteiger partial charge >= 0.3 is 0 Å². The predicted molar refractivity (Wildman–Crippen MR) is 62.7 cm³/mol. The molecule has 5 nitrogen and oxygen atoms in total. The van der Waals surface area contributed by atoms with Gasteiger partial charge < -0.3 is 16.4 Å². The summed E-state index contributed by atoms with van der Waals surface area (Å²) in [6, 6.07) is 6.96. The minimum Gasteiger partial charge on any atom is -0.399 e. The number of anilines is 2. The average Bonchev–Trinajstić information content (AvgIpc) is 2.27. The highest BCUT2D eigenvalue weighted by molar-refractivity contribution is 5.81. The Morgan fingerprint density at radius 3 is 2.94 bits per heavy atom. The van der Waals surface area contributed by atoms with Crippen molar-refractivity contribution in [2.45, 2.75) is 6.92 Å². The fraction of sp³-hybridized carbons (Fsp3) is 0.273. The van der Waals surface area contributed by atoms with Gasteiger partial charge in [0, 0.05) is 12.2 Å². The van der Waals surface area contributed by atoms with E-state index in [9.17, 15) is 4.79 Å². The number of nitrogens with one attached hydrogen (secondary N) is 2. The van der Waals surface area contributed by atoms with E-state index in [1.165, 1.54) is 0 Å². The Bertz CT molecular complexity index is 422. The number of carbonyl (C=O) groups is 1. The summed E-state index contributed by atoms with van der Waals surface area (Å²) in [7, 11) is 0. The second-order valence-corrected chi connectivity index (χ2v) is 3.22. The van der Waals surface area contributed by atoms with Crippen molar-refractivity contribution >= 4 is 17.3 Å². The molecule has 0 heterocycles. The molecule has 1 amide bonds. The van der Waals surface area contributed by atoms with E-state index >= 15 is 0 Å². The van der Waals surface area contributed by atoms with Crippen LogP contribution >= 0.6 is 0 Å². The molecule has 0 aliphatic carbocycles. The molecule has 4 N–H and O–H groups in total. The highest BCUT2D eigenvalue weighted by atomic mass is 16.1. The van der Waals surface area contributed by atoms with Crippen LogP contribution in [0.2, 0.25) is 0 Å². The Hall–Kier alpha value is -2.22. The molecule has 0 aliphatic heterocycles. The van der Waals surface area contributed by atoms with E-state index in [0.29, 0.717) is 23.5 Å². The van der Waals surface area contributed by atoms with Crippen LogP contribution in [0.5, 0.6) is 0 Å². The molecule has 0 fully saturated rings. The third kappa shape index (κ3) is 3.17. The Morgan fingerprint density at radius 2 is 2.31 bits per heavy atom. The minimum atomic E-state index is -0.108. The molecule has 1 rings (SSSR count). The molecule has 0 spiro atoms. The zero-order chi connectivity index (χ0) is 12.0. The van der Waals surface area contributed by atoms with Crippen LogP contribution < -0.4 is 16.4 Å². The van der Waals surface area contributed by atoms with E-state index in [-0.39, 0.29) is 12.5 Å². The molecule has 0 saturated heterocycles. The maximum absolute atomic E-state index is 11.2. The summed E-state index contributed by atoms with van der Waals surface area (Å²) in [4.78, 5) is 11.2. The van der Waals surface area contributed by atoms with Crippen molar-refractivity contribution in [3.05, 3.63) is 23.8 Å². The van der Waals surface area contributed by atoms with Crippen molar-refractivity contribution in [1.82, 2.24) is 5.32 Å². The van der Waals surface area contributed by atoms with Gasteiger partial charge in [-0.2, -0.15) is 5.26 Å². The van der Waals surface area contributed by atoms with E-state index in [0.717, 1.165) is 0 Å². The number of likely N-dealkylation sites (N-methyl/N-ethyl adjacent to an activating group) is 1. The number of nitrogen functional groups attached to an aromatic ring is 1. The third-order valence-corrected chi connectivity index (χ3v) is 1.98. The van der Waals surface area contributed by atoms with Crippen LogP contribution in [0.4, 0.5) is 11.4 Å². The molecule has 5 heteroatoms. The molecule has 0 radical (unpaired) electrons. The Labute approximate surface area is 94.2 Å². The van der Waals surface area contributed by atoms with Crippen molar-refractivity contribution in [1.29, 1.82) is 5.26 Å². The van der Waals surface area contributed by atoms with Gasteiger partial charge in [-0.3, -0.25) is 4.79 Å². The number of hydrogen-bond acceptors (Lipinski definition) is 4. The second kappa shape index (κ2) is 5.61. The third-order valence-electron chi connectivity index (χ3n) is 1.98. The first-order chi connectivity index (χ1) is 7.67. The predicted octanol–water partition coefficient (Wildman–Crippen LogP) is 0.688. The van der Waals surface area contributed by atoms with Gasteiger partial charge in [-0.25, -0.2) is 0 Å². The fourth-order valence-electron chi connectivity index (χ4n) is 1.24. The fourth-order valence-corrected chi connectivity index (χ4v) is 1.24. The van der Waals surface area contributed by atoms with Crippen LogP contribution in [0.25, 0.3) is 0 Å². The van der Waals surface area contributed by atoms with Gasteiger partial charge in [-0.1, -0.05) is 0 Å². The van der Waals surface area contributed by atoms with Gasteiger partial charge in [0.1, 0.15) is 6.07 Å². The van der Waals surface area contributed by atoms with Crippen molar-refractivity contribution in [3.8, 4) is 6.07 Å². The molecule has 0 atom stereocenters. The summed E-state index contributed by atoms with van der Waals surface area (Å²) in [5, 5.41) is 14.4. The first kappa shape index (κ1) is 11.9. The summed E-state index contributed by atoms with van der Waals surface area (Å²) in [6.45, 7) is 2.58. The normalized spacial score (nSPS) is 9.25. The van der Waals surface area contributed by atoms with Gasteiger partial charge in [0.2, 0.25) is 5.91 Å². The summed E-state index contributed by atoms with van der Waals surface area (Å²) in [5.41, 5.74) is 7.12. The first-order valence-electron chi connectivity index (χ1n) is 4.97. The summed E-state index contributed by atoms with van der Waals surface area (Å²) in [5.74, 6) is -0.108. The number of nitriles is 1. The quantitative estimate of drug-likeness (QED) is 0.648. The molecular formula is C11H14N4O. The molecule has 0 unspecified atom stereocenters. The smallest absolute Gasteiger partial charge is 0.239 e. The van der Waals surface area contributed by atoms with Crippen LogP contribution in [0.1, 0.15) is 12.5 Å². The zero-order valence-corrected chi connectivity index (χ0v) is 9.08. The second-order valence-electron chi connectivity index (χ2n) is 3.22. The van der Waals surface area contributed by atoms with Crippen molar-refractivity contribution < 1.29 is 4.79 Å². The van der Waals surface area contributed by atoms with Crippen LogP contribution in [0.3, 0.4) is 0 Å². The SMILES string of the molecule is CCNC(=O)CNc1ccc(N)cc1C#N. The Kier molecular flexibility index (Phi) is 4.16. The lowest BCUT2D eigenvalue weighted by atomic mass is 10.1. The van der Waals surface area contributed by atoms with Gasteiger partial charge in [0.15, 0.2) is 0 Å². The van der Waals surface area contributed by atoms with Crippen molar-refractivity contribution in [2.75, 3.05) is 24.1 Å². The Balaban J connectivity index is 2.67. The molecule has 0 aromatic heterocycles. The number of amides is 1. The van der Waals surface area contributed by atoms with Crippen LogP contribution in [0, 0.1) is 11.3 Å². The lowest BCUT2D eigenvalue weighted by Gasteiger charge is -2.08. The van der Waals surface area contributed by atoms with E-state index < -0.39 is 0 Å². The minimum absolute atomic E-state index is 0.108. The first-order valence-corrected chi connectivity index (χ1v) is 4.97. The van der Waals surface area contributed by atoms with E-state index in [1.54, 1.807) is 18.2 Å². The topological polar surface area (TPSA) is 90.9 Å². The standard InChI is InChI=1S/C11H14N4O/c1-2-14-11(16)7-15-10-4-3-9(13)5-8(10)6-12/h3-5,15H,2,7,13H2,1H3,(H,14,16). The number of rotatable bonds is 4.